The van der Waals surface area contributed by atoms with Gasteiger partial charge in [-0.3, -0.25) is 9.59 Å². The van der Waals surface area contributed by atoms with Crippen molar-refractivity contribution >= 4 is 11.6 Å². The molecule has 92 valence electrons. The highest BCUT2D eigenvalue weighted by atomic mass is 16.2. The van der Waals surface area contributed by atoms with Crippen molar-refractivity contribution in [3.8, 4) is 0 Å². The second-order valence-electron chi connectivity index (χ2n) is 4.19. The number of hydrogen-bond acceptors (Lipinski definition) is 2. The van der Waals surface area contributed by atoms with E-state index in [1.54, 1.807) is 7.05 Å². The molecular formula is C14H14N2O2. The van der Waals surface area contributed by atoms with Crippen LogP contribution < -0.4 is 10.9 Å². The number of amides is 1. The molecule has 4 heteroatoms. The first-order valence-corrected chi connectivity index (χ1v) is 5.61. The summed E-state index contributed by atoms with van der Waals surface area (Å²) in [5, 5.41) is 2.79. The average Bonchev–Trinajstić information content (AvgIpc) is 2.32. The van der Waals surface area contributed by atoms with Gasteiger partial charge in [0.15, 0.2) is 0 Å². The summed E-state index contributed by atoms with van der Waals surface area (Å²) in [6.45, 7) is 1.96. The first-order chi connectivity index (χ1) is 8.56. The molecule has 0 bridgehead atoms. The van der Waals surface area contributed by atoms with Gasteiger partial charge in [-0.25, -0.2) is 0 Å². The van der Waals surface area contributed by atoms with E-state index in [4.69, 9.17) is 0 Å². The van der Waals surface area contributed by atoms with Crippen LogP contribution in [0.3, 0.4) is 0 Å². The van der Waals surface area contributed by atoms with Crippen LogP contribution in [0.1, 0.15) is 15.9 Å². The van der Waals surface area contributed by atoms with Crippen molar-refractivity contribution in [1.29, 1.82) is 0 Å². The zero-order valence-electron chi connectivity index (χ0n) is 10.3. The molecule has 1 aromatic heterocycles. The van der Waals surface area contributed by atoms with Gasteiger partial charge in [0.05, 0.1) is 5.56 Å². The molecule has 1 N–H and O–H groups in total. The van der Waals surface area contributed by atoms with E-state index < -0.39 is 0 Å². The summed E-state index contributed by atoms with van der Waals surface area (Å²) in [7, 11) is 1.62. The van der Waals surface area contributed by atoms with Gasteiger partial charge in [0.1, 0.15) is 0 Å². The highest BCUT2D eigenvalue weighted by Crippen LogP contribution is 2.10. The van der Waals surface area contributed by atoms with Gasteiger partial charge in [0.2, 0.25) is 5.56 Å². The molecular weight excluding hydrogens is 228 g/mol. The molecule has 1 aromatic carbocycles. The second kappa shape index (κ2) is 4.87. The number of aryl methyl sites for hydroxylation is 2. The van der Waals surface area contributed by atoms with Gasteiger partial charge in [-0.2, -0.15) is 0 Å². The van der Waals surface area contributed by atoms with Crippen LogP contribution in [0.25, 0.3) is 0 Å². The number of hydrogen-bond donors (Lipinski definition) is 1. The number of aromatic nitrogens is 1. The number of benzene rings is 1. The lowest BCUT2D eigenvalue weighted by atomic mass is 10.2. The average molecular weight is 242 g/mol. The molecule has 0 aliphatic heterocycles. The lowest BCUT2D eigenvalue weighted by molar-refractivity contribution is 0.102. The normalized spacial score (nSPS) is 10.1. The van der Waals surface area contributed by atoms with Crippen molar-refractivity contribution < 1.29 is 4.79 Å². The van der Waals surface area contributed by atoms with Crippen LogP contribution in [0.15, 0.2) is 47.4 Å². The number of carbonyl (C=O) groups is 1. The zero-order chi connectivity index (χ0) is 13.1. The van der Waals surface area contributed by atoms with Gasteiger partial charge in [-0.05, 0) is 30.7 Å². The molecule has 0 aliphatic rings. The van der Waals surface area contributed by atoms with E-state index >= 15 is 0 Å². The maximum Gasteiger partial charge on any atom is 0.257 e. The number of rotatable bonds is 2. The number of nitrogens with one attached hydrogen (secondary N) is 1. The maximum absolute atomic E-state index is 12.0. The molecule has 0 radical (unpaired) electrons. The van der Waals surface area contributed by atoms with Crippen molar-refractivity contribution in [1.82, 2.24) is 4.57 Å². The van der Waals surface area contributed by atoms with Gasteiger partial charge in [-0.1, -0.05) is 12.1 Å². The predicted molar refractivity (Wildman–Crippen MR) is 70.8 cm³/mol. The lowest BCUT2D eigenvalue weighted by Gasteiger charge is -2.06. The fourth-order valence-electron chi connectivity index (χ4n) is 1.65. The molecule has 2 rings (SSSR count). The fourth-order valence-corrected chi connectivity index (χ4v) is 1.65. The SMILES string of the molecule is Cc1cccc(NC(=O)c2ccc(=O)n(C)c2)c1. The van der Waals surface area contributed by atoms with E-state index in [1.165, 1.54) is 22.9 Å². The van der Waals surface area contributed by atoms with E-state index in [0.717, 1.165) is 11.3 Å². The topological polar surface area (TPSA) is 51.1 Å². The van der Waals surface area contributed by atoms with Crippen LogP contribution in [0.2, 0.25) is 0 Å². The first kappa shape index (κ1) is 12.1. The van der Waals surface area contributed by atoms with E-state index in [-0.39, 0.29) is 11.5 Å². The van der Waals surface area contributed by atoms with Crippen LogP contribution in [-0.2, 0) is 7.05 Å². The van der Waals surface area contributed by atoms with Crippen LogP contribution in [0, 0.1) is 6.92 Å². The first-order valence-electron chi connectivity index (χ1n) is 5.61. The highest BCUT2D eigenvalue weighted by Gasteiger charge is 2.06. The predicted octanol–water partition coefficient (Wildman–Crippen LogP) is 1.95. The molecule has 0 fully saturated rings. The van der Waals surface area contributed by atoms with E-state index in [9.17, 15) is 9.59 Å². The number of carbonyl (C=O) groups excluding carboxylic acids is 1. The Morgan fingerprint density at radius 3 is 2.67 bits per heavy atom. The Morgan fingerprint density at radius 2 is 2.00 bits per heavy atom. The third kappa shape index (κ3) is 2.66. The second-order valence-corrected chi connectivity index (χ2v) is 4.19. The molecule has 0 saturated heterocycles. The van der Waals surface area contributed by atoms with E-state index in [0.29, 0.717) is 5.56 Å². The van der Waals surface area contributed by atoms with Gasteiger partial charge in [0, 0.05) is 25.0 Å². The third-order valence-electron chi connectivity index (χ3n) is 2.62. The van der Waals surface area contributed by atoms with Crippen molar-refractivity contribution in [3.05, 3.63) is 64.1 Å². The molecule has 0 saturated carbocycles. The smallest absolute Gasteiger partial charge is 0.257 e. The fraction of sp³-hybridized carbons (Fsp3) is 0.143. The monoisotopic (exact) mass is 242 g/mol. The standard InChI is InChI=1S/C14H14N2O2/c1-10-4-3-5-12(8-10)15-14(18)11-6-7-13(17)16(2)9-11/h3-9H,1-2H3,(H,15,18). The number of pyridine rings is 1. The van der Waals surface area contributed by atoms with Gasteiger partial charge >= 0.3 is 0 Å². The zero-order valence-corrected chi connectivity index (χ0v) is 10.3. The largest absolute Gasteiger partial charge is 0.322 e. The van der Waals surface area contributed by atoms with Crippen molar-refractivity contribution in [2.24, 2.45) is 7.05 Å². The molecule has 2 aromatic rings. The Balaban J connectivity index is 2.22. The molecule has 4 nitrogen and oxygen atoms in total. The van der Waals surface area contributed by atoms with Gasteiger partial charge < -0.3 is 9.88 Å². The minimum absolute atomic E-state index is 0.137. The minimum atomic E-state index is -0.226. The van der Waals surface area contributed by atoms with Crippen molar-refractivity contribution in [2.75, 3.05) is 5.32 Å². The highest BCUT2D eigenvalue weighted by molar-refractivity contribution is 6.04. The molecule has 0 unspecified atom stereocenters. The summed E-state index contributed by atoms with van der Waals surface area (Å²) in [5.41, 5.74) is 2.14. The molecule has 1 heterocycles. The molecule has 0 spiro atoms. The number of nitrogens with zero attached hydrogens (tertiary/aromatic N) is 1. The summed E-state index contributed by atoms with van der Waals surface area (Å²) < 4.78 is 1.38. The molecule has 1 amide bonds. The van der Waals surface area contributed by atoms with Gasteiger partial charge in [0.25, 0.3) is 5.91 Å². The van der Waals surface area contributed by atoms with E-state index in [2.05, 4.69) is 5.32 Å². The Labute approximate surface area is 105 Å². The van der Waals surface area contributed by atoms with Crippen molar-refractivity contribution in [2.45, 2.75) is 6.92 Å². The summed E-state index contributed by atoms with van der Waals surface area (Å²) in [6, 6.07) is 10.5. The summed E-state index contributed by atoms with van der Waals surface area (Å²) in [4.78, 5) is 23.2. The van der Waals surface area contributed by atoms with E-state index in [1.807, 2.05) is 31.2 Å². The molecule has 0 aliphatic carbocycles. The summed E-state index contributed by atoms with van der Waals surface area (Å²) in [5.74, 6) is -0.226. The van der Waals surface area contributed by atoms with Crippen LogP contribution >= 0.6 is 0 Å². The van der Waals surface area contributed by atoms with Crippen LogP contribution in [0.5, 0.6) is 0 Å². The third-order valence-corrected chi connectivity index (χ3v) is 2.62. The Hall–Kier alpha value is -2.36. The van der Waals surface area contributed by atoms with Crippen LogP contribution in [-0.4, -0.2) is 10.5 Å². The van der Waals surface area contributed by atoms with Crippen LogP contribution in [0.4, 0.5) is 5.69 Å². The molecule has 18 heavy (non-hydrogen) atoms. The Bertz CT molecular complexity index is 644. The maximum atomic E-state index is 12.0. The van der Waals surface area contributed by atoms with Crippen molar-refractivity contribution in [3.63, 3.8) is 0 Å². The molecule has 0 atom stereocenters. The minimum Gasteiger partial charge on any atom is -0.322 e. The Kier molecular flexibility index (Phi) is 3.28. The Morgan fingerprint density at radius 1 is 1.22 bits per heavy atom. The quantitative estimate of drug-likeness (QED) is 0.875. The summed E-state index contributed by atoms with van der Waals surface area (Å²) in [6.07, 6.45) is 1.52. The number of anilines is 1. The lowest BCUT2D eigenvalue weighted by Crippen LogP contribution is -2.19. The summed E-state index contributed by atoms with van der Waals surface area (Å²) >= 11 is 0. The van der Waals surface area contributed by atoms with Gasteiger partial charge in [-0.15, -0.1) is 0 Å².